The first-order chi connectivity index (χ1) is 8.74. The smallest absolute Gasteiger partial charge is 0.124 e. The van der Waals surface area contributed by atoms with Crippen LogP contribution in [0.3, 0.4) is 0 Å². The maximum Gasteiger partial charge on any atom is 0.124 e. The molecule has 0 aliphatic carbocycles. The first-order valence-electron chi connectivity index (χ1n) is 6.92. The van der Waals surface area contributed by atoms with Gasteiger partial charge in [-0.25, -0.2) is 0 Å². The Balaban J connectivity index is 1.65. The molecule has 3 heteroatoms. The standard InChI is InChI=1S/C15H22N2O/c1-11-9-12(7-8-17(11)2)16-14-10-18-15-6-4-3-5-13(14)15/h3-6,11-12,14,16H,7-10H2,1-2H3. The van der Waals surface area contributed by atoms with Crippen LogP contribution in [0.4, 0.5) is 0 Å². The highest BCUT2D eigenvalue weighted by molar-refractivity contribution is 5.39. The highest BCUT2D eigenvalue weighted by atomic mass is 16.5. The quantitative estimate of drug-likeness (QED) is 0.865. The molecule has 0 aromatic heterocycles. The summed E-state index contributed by atoms with van der Waals surface area (Å²) in [6, 6.07) is 10.1. The average Bonchev–Trinajstić information content (AvgIpc) is 2.78. The van der Waals surface area contributed by atoms with Gasteiger partial charge < -0.3 is 15.0 Å². The van der Waals surface area contributed by atoms with Gasteiger partial charge in [0.15, 0.2) is 0 Å². The predicted molar refractivity (Wildman–Crippen MR) is 72.9 cm³/mol. The Labute approximate surface area is 109 Å². The second-order valence-electron chi connectivity index (χ2n) is 5.62. The largest absolute Gasteiger partial charge is 0.491 e. The maximum atomic E-state index is 5.73. The van der Waals surface area contributed by atoms with Gasteiger partial charge in [-0.15, -0.1) is 0 Å². The van der Waals surface area contributed by atoms with Gasteiger partial charge in [-0.2, -0.15) is 0 Å². The van der Waals surface area contributed by atoms with Crippen molar-refractivity contribution < 1.29 is 4.74 Å². The van der Waals surface area contributed by atoms with Crippen molar-refractivity contribution >= 4 is 0 Å². The van der Waals surface area contributed by atoms with Gasteiger partial charge in [-0.3, -0.25) is 0 Å². The van der Waals surface area contributed by atoms with Gasteiger partial charge in [0.1, 0.15) is 12.4 Å². The van der Waals surface area contributed by atoms with Crippen molar-refractivity contribution in [3.63, 3.8) is 0 Å². The first-order valence-corrected chi connectivity index (χ1v) is 6.92. The van der Waals surface area contributed by atoms with E-state index in [2.05, 4.69) is 42.4 Å². The Hall–Kier alpha value is -1.06. The number of likely N-dealkylation sites (tertiary alicyclic amines) is 1. The number of para-hydroxylation sites is 1. The molecule has 3 unspecified atom stereocenters. The molecule has 0 bridgehead atoms. The fraction of sp³-hybridized carbons (Fsp3) is 0.600. The summed E-state index contributed by atoms with van der Waals surface area (Å²) in [6.07, 6.45) is 2.47. The zero-order valence-electron chi connectivity index (χ0n) is 11.2. The van der Waals surface area contributed by atoms with Gasteiger partial charge in [0.05, 0.1) is 6.04 Å². The Bertz CT molecular complexity index is 421. The van der Waals surface area contributed by atoms with E-state index in [-0.39, 0.29) is 0 Å². The summed E-state index contributed by atoms with van der Waals surface area (Å²) in [7, 11) is 2.22. The van der Waals surface area contributed by atoms with Crippen molar-refractivity contribution in [3.8, 4) is 5.75 Å². The van der Waals surface area contributed by atoms with Crippen molar-refractivity contribution in [3.05, 3.63) is 29.8 Å². The first kappa shape index (κ1) is 12.0. The number of piperidine rings is 1. The highest BCUT2D eigenvalue weighted by Gasteiger charge is 2.29. The van der Waals surface area contributed by atoms with Crippen molar-refractivity contribution in [1.82, 2.24) is 10.2 Å². The van der Waals surface area contributed by atoms with Crippen LogP contribution in [-0.2, 0) is 0 Å². The summed E-state index contributed by atoms with van der Waals surface area (Å²) in [4.78, 5) is 2.44. The fourth-order valence-corrected chi connectivity index (χ4v) is 3.03. The number of hydrogen-bond acceptors (Lipinski definition) is 3. The van der Waals surface area contributed by atoms with Gasteiger partial charge in [0.25, 0.3) is 0 Å². The van der Waals surface area contributed by atoms with Gasteiger partial charge in [-0.1, -0.05) is 18.2 Å². The molecule has 1 fully saturated rings. The third-order valence-electron chi connectivity index (χ3n) is 4.35. The minimum Gasteiger partial charge on any atom is -0.491 e. The lowest BCUT2D eigenvalue weighted by atomic mass is 9.97. The number of rotatable bonds is 2. The van der Waals surface area contributed by atoms with Crippen LogP contribution in [-0.4, -0.2) is 37.2 Å². The number of nitrogens with zero attached hydrogens (tertiary/aromatic N) is 1. The molecule has 3 nitrogen and oxygen atoms in total. The third kappa shape index (κ3) is 2.25. The summed E-state index contributed by atoms with van der Waals surface area (Å²) in [6.45, 7) is 4.28. The van der Waals surface area contributed by atoms with Crippen LogP contribution in [0.15, 0.2) is 24.3 Å². The zero-order valence-corrected chi connectivity index (χ0v) is 11.2. The van der Waals surface area contributed by atoms with Crippen LogP contribution in [0.25, 0.3) is 0 Å². The third-order valence-corrected chi connectivity index (χ3v) is 4.35. The van der Waals surface area contributed by atoms with Crippen LogP contribution in [0.1, 0.15) is 31.4 Å². The molecule has 0 saturated carbocycles. The van der Waals surface area contributed by atoms with E-state index in [9.17, 15) is 0 Å². The summed E-state index contributed by atoms with van der Waals surface area (Å²) in [5.74, 6) is 1.05. The molecule has 3 rings (SSSR count). The SMILES string of the molecule is CC1CC(NC2COc3ccccc32)CCN1C. The van der Waals surface area contributed by atoms with Crippen LogP contribution in [0.5, 0.6) is 5.75 Å². The van der Waals surface area contributed by atoms with E-state index >= 15 is 0 Å². The predicted octanol–water partition coefficient (Wildman–Crippen LogP) is 2.19. The maximum absolute atomic E-state index is 5.73. The zero-order chi connectivity index (χ0) is 12.5. The van der Waals surface area contributed by atoms with Gasteiger partial charge in [-0.05, 0) is 39.4 Å². The van der Waals surface area contributed by atoms with E-state index in [1.165, 1.54) is 24.9 Å². The molecule has 1 N–H and O–H groups in total. The Morgan fingerprint density at radius 1 is 1.33 bits per heavy atom. The fourth-order valence-electron chi connectivity index (χ4n) is 3.03. The molecule has 1 aromatic rings. The molecule has 1 saturated heterocycles. The average molecular weight is 246 g/mol. The van der Waals surface area contributed by atoms with E-state index in [1.54, 1.807) is 0 Å². The minimum atomic E-state index is 0.377. The monoisotopic (exact) mass is 246 g/mol. The number of hydrogen-bond donors (Lipinski definition) is 1. The van der Waals surface area contributed by atoms with Crippen LogP contribution >= 0.6 is 0 Å². The van der Waals surface area contributed by atoms with Crippen molar-refractivity contribution in [2.24, 2.45) is 0 Å². The molecule has 2 aliphatic rings. The van der Waals surface area contributed by atoms with E-state index in [0.717, 1.165) is 12.4 Å². The van der Waals surface area contributed by atoms with E-state index in [0.29, 0.717) is 18.1 Å². The number of ether oxygens (including phenoxy) is 1. The normalized spacial score (nSPS) is 32.0. The summed E-state index contributed by atoms with van der Waals surface area (Å²) in [5, 5.41) is 3.77. The Kier molecular flexibility index (Phi) is 3.27. The molecule has 2 heterocycles. The molecule has 1 aromatic carbocycles. The Morgan fingerprint density at radius 2 is 2.17 bits per heavy atom. The van der Waals surface area contributed by atoms with Gasteiger partial charge >= 0.3 is 0 Å². The molecule has 3 atom stereocenters. The summed E-state index contributed by atoms with van der Waals surface area (Å²) < 4.78 is 5.73. The van der Waals surface area contributed by atoms with Gasteiger partial charge in [0.2, 0.25) is 0 Å². The van der Waals surface area contributed by atoms with Crippen molar-refractivity contribution in [1.29, 1.82) is 0 Å². The molecular weight excluding hydrogens is 224 g/mol. The molecular formula is C15H22N2O. The Morgan fingerprint density at radius 3 is 3.00 bits per heavy atom. The van der Waals surface area contributed by atoms with E-state index in [1.807, 2.05) is 6.07 Å². The van der Waals surface area contributed by atoms with Gasteiger partial charge in [0, 0.05) is 17.6 Å². The number of nitrogens with one attached hydrogen (secondary N) is 1. The summed E-state index contributed by atoms with van der Waals surface area (Å²) in [5.41, 5.74) is 1.32. The molecule has 0 amide bonds. The highest BCUT2D eigenvalue weighted by Crippen LogP contribution is 2.32. The van der Waals surface area contributed by atoms with Crippen molar-refractivity contribution in [2.75, 3.05) is 20.2 Å². The number of fused-ring (bicyclic) bond motifs is 1. The summed E-state index contributed by atoms with van der Waals surface area (Å²) >= 11 is 0. The molecule has 98 valence electrons. The lowest BCUT2D eigenvalue weighted by Crippen LogP contribution is -2.46. The van der Waals surface area contributed by atoms with E-state index in [4.69, 9.17) is 4.74 Å². The van der Waals surface area contributed by atoms with Crippen molar-refractivity contribution in [2.45, 2.75) is 37.9 Å². The lowest BCUT2D eigenvalue weighted by Gasteiger charge is -2.36. The van der Waals surface area contributed by atoms with E-state index < -0.39 is 0 Å². The molecule has 0 radical (unpaired) electrons. The molecule has 2 aliphatic heterocycles. The van der Waals surface area contributed by atoms with Crippen LogP contribution in [0.2, 0.25) is 0 Å². The van der Waals surface area contributed by atoms with Crippen LogP contribution in [0, 0.1) is 0 Å². The van der Waals surface area contributed by atoms with Crippen LogP contribution < -0.4 is 10.1 Å². The molecule has 0 spiro atoms. The lowest BCUT2D eigenvalue weighted by molar-refractivity contribution is 0.158. The second kappa shape index (κ2) is 4.90. The topological polar surface area (TPSA) is 24.5 Å². The molecule has 18 heavy (non-hydrogen) atoms. The minimum absolute atomic E-state index is 0.377. The second-order valence-corrected chi connectivity index (χ2v) is 5.62. The number of benzene rings is 1.